The zero-order valence-corrected chi connectivity index (χ0v) is 17.4. The molecule has 0 atom stereocenters. The summed E-state index contributed by atoms with van der Waals surface area (Å²) in [6.07, 6.45) is 8.14. The van der Waals surface area contributed by atoms with Gasteiger partial charge in [-0.25, -0.2) is 10.4 Å². The number of hydrogen-bond donors (Lipinski definition) is 2. The number of hydrazone groups is 1. The second-order valence-electron chi connectivity index (χ2n) is 6.30. The summed E-state index contributed by atoms with van der Waals surface area (Å²) in [5, 5.41) is 7.64. The Kier molecular flexibility index (Phi) is 8.01. The van der Waals surface area contributed by atoms with Gasteiger partial charge in [0.25, 0.3) is 0 Å². The summed E-state index contributed by atoms with van der Waals surface area (Å²) < 4.78 is 0. The smallest absolute Gasteiger partial charge is 0.212 e. The molecule has 5 heteroatoms. The molecule has 0 aliphatic carbocycles. The number of allylic oxidation sites excluding steroid dienone is 2. The number of rotatable bonds is 5. The summed E-state index contributed by atoms with van der Waals surface area (Å²) in [6, 6.07) is 16.8. The lowest BCUT2D eigenvalue weighted by molar-refractivity contribution is 0.918. The van der Waals surface area contributed by atoms with E-state index in [9.17, 15) is 0 Å². The van der Waals surface area contributed by atoms with Crippen molar-refractivity contribution in [3.8, 4) is 0 Å². The van der Waals surface area contributed by atoms with Gasteiger partial charge < -0.3 is 5.32 Å². The summed E-state index contributed by atoms with van der Waals surface area (Å²) in [4.78, 5) is 4.31. The molecule has 0 bridgehead atoms. The van der Waals surface area contributed by atoms with Gasteiger partial charge in [-0.05, 0) is 37.1 Å². The Bertz CT molecular complexity index is 824. The standard InChI is InChI=1S/C22H24N4.BrH/c1-17-5-3-7-19(15-17)9-11-21(25-26-22-23-13-14-24-22)12-10-20-8-4-6-18(2)16-20;/h3-12,15-16H,13-14H2,1-2H3,(H2,23,24,26);1H/b11-9+,12-10+;. The summed E-state index contributed by atoms with van der Waals surface area (Å²) in [5.41, 5.74) is 8.61. The maximum Gasteiger partial charge on any atom is 0.212 e. The third-order valence-corrected chi connectivity index (χ3v) is 3.94. The van der Waals surface area contributed by atoms with Crippen molar-refractivity contribution in [3.63, 3.8) is 0 Å². The van der Waals surface area contributed by atoms with Gasteiger partial charge in [-0.3, -0.25) is 0 Å². The first-order valence-corrected chi connectivity index (χ1v) is 8.80. The van der Waals surface area contributed by atoms with Gasteiger partial charge in [-0.15, -0.1) is 17.0 Å². The van der Waals surface area contributed by atoms with E-state index in [-0.39, 0.29) is 17.0 Å². The molecule has 1 aliphatic rings. The lowest BCUT2D eigenvalue weighted by atomic mass is 10.1. The number of nitrogens with one attached hydrogen (secondary N) is 2. The number of hydrogen-bond acceptors (Lipinski definition) is 4. The number of halogens is 1. The van der Waals surface area contributed by atoms with E-state index in [0.717, 1.165) is 35.9 Å². The zero-order valence-electron chi connectivity index (χ0n) is 15.6. The molecule has 1 heterocycles. The van der Waals surface area contributed by atoms with Crippen LogP contribution in [0.5, 0.6) is 0 Å². The highest BCUT2D eigenvalue weighted by atomic mass is 79.9. The minimum Gasteiger partial charge on any atom is -0.353 e. The molecule has 2 aromatic rings. The molecule has 4 nitrogen and oxygen atoms in total. The van der Waals surface area contributed by atoms with Crippen LogP contribution in [0.25, 0.3) is 12.2 Å². The number of guanidine groups is 1. The van der Waals surface area contributed by atoms with Gasteiger partial charge in [-0.1, -0.05) is 71.8 Å². The quantitative estimate of drug-likeness (QED) is 0.547. The average Bonchev–Trinajstić information content (AvgIpc) is 3.15. The van der Waals surface area contributed by atoms with Crippen LogP contribution in [-0.2, 0) is 0 Å². The fraction of sp³-hybridized carbons (Fsp3) is 0.182. The Morgan fingerprint density at radius 3 is 2.07 bits per heavy atom. The van der Waals surface area contributed by atoms with Gasteiger partial charge in [-0.2, -0.15) is 5.10 Å². The van der Waals surface area contributed by atoms with Crippen molar-refractivity contribution >= 4 is 40.8 Å². The normalized spacial score (nSPS) is 13.2. The van der Waals surface area contributed by atoms with Gasteiger partial charge in [0, 0.05) is 6.54 Å². The summed E-state index contributed by atoms with van der Waals surface area (Å²) in [7, 11) is 0. The van der Waals surface area contributed by atoms with Crippen molar-refractivity contribution in [1.82, 2.24) is 10.7 Å². The minimum absolute atomic E-state index is 0. The number of nitrogens with zero attached hydrogens (tertiary/aromatic N) is 2. The van der Waals surface area contributed by atoms with Gasteiger partial charge in [0.05, 0.1) is 12.3 Å². The van der Waals surface area contributed by atoms with E-state index in [0.29, 0.717) is 0 Å². The maximum atomic E-state index is 4.48. The van der Waals surface area contributed by atoms with Crippen LogP contribution in [0.4, 0.5) is 0 Å². The first kappa shape index (κ1) is 20.6. The lowest BCUT2D eigenvalue weighted by Crippen LogP contribution is -2.30. The fourth-order valence-corrected chi connectivity index (χ4v) is 2.63. The first-order valence-electron chi connectivity index (χ1n) is 8.80. The van der Waals surface area contributed by atoms with Crippen LogP contribution in [0.3, 0.4) is 0 Å². The highest BCUT2D eigenvalue weighted by Gasteiger charge is 2.02. The predicted molar refractivity (Wildman–Crippen MR) is 122 cm³/mol. The van der Waals surface area contributed by atoms with E-state index in [1.54, 1.807) is 0 Å². The minimum atomic E-state index is 0. The van der Waals surface area contributed by atoms with Gasteiger partial charge in [0.2, 0.25) is 5.96 Å². The van der Waals surface area contributed by atoms with E-state index in [4.69, 9.17) is 0 Å². The van der Waals surface area contributed by atoms with E-state index >= 15 is 0 Å². The van der Waals surface area contributed by atoms with Crippen molar-refractivity contribution in [3.05, 3.63) is 82.9 Å². The van der Waals surface area contributed by atoms with Crippen molar-refractivity contribution < 1.29 is 0 Å². The van der Waals surface area contributed by atoms with Crippen molar-refractivity contribution in [2.24, 2.45) is 10.1 Å². The van der Waals surface area contributed by atoms with Crippen molar-refractivity contribution in [2.45, 2.75) is 13.8 Å². The maximum absolute atomic E-state index is 4.48. The zero-order chi connectivity index (χ0) is 18.2. The topological polar surface area (TPSA) is 48.8 Å². The Morgan fingerprint density at radius 2 is 1.59 bits per heavy atom. The highest BCUT2D eigenvalue weighted by molar-refractivity contribution is 8.93. The molecule has 27 heavy (non-hydrogen) atoms. The first-order chi connectivity index (χ1) is 12.7. The van der Waals surface area contributed by atoms with Crippen LogP contribution >= 0.6 is 17.0 Å². The third-order valence-electron chi connectivity index (χ3n) is 3.94. The molecule has 0 saturated carbocycles. The van der Waals surface area contributed by atoms with Crippen molar-refractivity contribution in [2.75, 3.05) is 13.1 Å². The van der Waals surface area contributed by atoms with E-state index < -0.39 is 0 Å². The van der Waals surface area contributed by atoms with Crippen LogP contribution in [0.15, 0.2) is 70.8 Å². The van der Waals surface area contributed by atoms with Gasteiger partial charge in [0.15, 0.2) is 0 Å². The Hall–Kier alpha value is -2.66. The monoisotopic (exact) mass is 424 g/mol. The van der Waals surface area contributed by atoms with Crippen LogP contribution in [-0.4, -0.2) is 24.8 Å². The van der Waals surface area contributed by atoms with E-state index in [2.05, 4.69) is 95.4 Å². The predicted octanol–water partition coefficient (Wildman–Crippen LogP) is 4.51. The third kappa shape index (κ3) is 6.87. The molecule has 0 saturated heterocycles. The molecule has 3 rings (SSSR count). The summed E-state index contributed by atoms with van der Waals surface area (Å²) in [5.74, 6) is 0.718. The molecule has 0 unspecified atom stereocenters. The van der Waals surface area contributed by atoms with Crippen LogP contribution in [0, 0.1) is 13.8 Å². The van der Waals surface area contributed by atoms with Crippen molar-refractivity contribution in [1.29, 1.82) is 0 Å². The van der Waals surface area contributed by atoms with Crippen LogP contribution < -0.4 is 10.7 Å². The van der Waals surface area contributed by atoms with Crippen LogP contribution in [0.1, 0.15) is 22.3 Å². The fourth-order valence-electron chi connectivity index (χ4n) is 2.63. The van der Waals surface area contributed by atoms with Crippen LogP contribution in [0.2, 0.25) is 0 Å². The molecule has 0 amide bonds. The molecule has 0 fully saturated rings. The molecule has 2 aromatic carbocycles. The largest absolute Gasteiger partial charge is 0.353 e. The van der Waals surface area contributed by atoms with Gasteiger partial charge >= 0.3 is 0 Å². The highest BCUT2D eigenvalue weighted by Crippen LogP contribution is 2.08. The average molecular weight is 425 g/mol. The number of benzene rings is 2. The van der Waals surface area contributed by atoms with E-state index in [1.165, 1.54) is 11.1 Å². The molecular weight excluding hydrogens is 400 g/mol. The summed E-state index contributed by atoms with van der Waals surface area (Å²) >= 11 is 0. The Labute approximate surface area is 171 Å². The lowest BCUT2D eigenvalue weighted by Gasteiger charge is -2.02. The Balaban J connectivity index is 0.00000261. The molecule has 0 radical (unpaired) electrons. The van der Waals surface area contributed by atoms with Gasteiger partial charge in [0.1, 0.15) is 0 Å². The molecular formula is C22H25BrN4. The molecule has 0 aromatic heterocycles. The number of aliphatic imine (C=N–C) groups is 1. The SMILES string of the molecule is Br.Cc1cccc(/C=C/C(/C=C/c2cccc(C)c2)=NNC2=NCCN2)c1. The molecule has 140 valence electrons. The second-order valence-corrected chi connectivity index (χ2v) is 6.30. The molecule has 2 N–H and O–H groups in total. The molecule has 1 aliphatic heterocycles. The Morgan fingerprint density at radius 1 is 1.00 bits per heavy atom. The second kappa shape index (κ2) is 10.5. The molecule has 0 spiro atoms. The number of aryl methyl sites for hydroxylation is 2. The summed E-state index contributed by atoms with van der Waals surface area (Å²) in [6.45, 7) is 5.82. The van der Waals surface area contributed by atoms with E-state index in [1.807, 2.05) is 12.2 Å².